The van der Waals surface area contributed by atoms with Crippen molar-refractivity contribution in [2.75, 3.05) is 16.3 Å². The second-order valence-electron chi connectivity index (χ2n) is 10.3. The topological polar surface area (TPSA) is 78.0 Å². The number of hydrogen-bond donors (Lipinski definition) is 0. The lowest BCUT2D eigenvalue weighted by Crippen LogP contribution is -2.50. The van der Waals surface area contributed by atoms with Crippen LogP contribution in [-0.4, -0.2) is 41.1 Å². The molecule has 3 aromatic rings. The van der Waals surface area contributed by atoms with E-state index in [4.69, 9.17) is 0 Å². The minimum absolute atomic E-state index is 0.00599. The zero-order chi connectivity index (χ0) is 27.4. The molecule has 1 aliphatic carbocycles. The molecule has 2 atom stereocenters. The number of carbonyl (C=O) groups excluding carboxylic acids is 4. The molecule has 1 aliphatic heterocycles. The van der Waals surface area contributed by atoms with Crippen LogP contribution in [0.2, 0.25) is 0 Å². The van der Waals surface area contributed by atoms with Gasteiger partial charge < -0.3 is 9.80 Å². The summed E-state index contributed by atoms with van der Waals surface area (Å²) in [5, 5.41) is 0. The molecular weight excluding hydrogens is 490 g/mol. The Morgan fingerprint density at radius 1 is 0.821 bits per heavy atom. The summed E-state index contributed by atoms with van der Waals surface area (Å²) in [5.41, 5.74) is 3.30. The van der Waals surface area contributed by atoms with Gasteiger partial charge in [0, 0.05) is 19.4 Å². The van der Waals surface area contributed by atoms with Crippen LogP contribution in [0.15, 0.2) is 84.9 Å². The molecule has 2 aliphatic rings. The first-order valence-electron chi connectivity index (χ1n) is 13.6. The van der Waals surface area contributed by atoms with E-state index in [0.29, 0.717) is 37.2 Å². The molecule has 0 radical (unpaired) electrons. The summed E-state index contributed by atoms with van der Waals surface area (Å²) in [6.45, 7) is 1.36. The van der Waals surface area contributed by atoms with Gasteiger partial charge in [-0.25, -0.2) is 0 Å². The lowest BCUT2D eigenvalue weighted by molar-refractivity contribution is -0.146. The van der Waals surface area contributed by atoms with Crippen LogP contribution in [0.3, 0.4) is 0 Å². The Labute approximate surface area is 229 Å². The largest absolute Gasteiger partial charge is 0.306 e. The van der Waals surface area contributed by atoms with Crippen molar-refractivity contribution in [2.45, 2.75) is 51.6 Å². The molecule has 1 heterocycles. The first kappa shape index (κ1) is 26.4. The number of hydrogen-bond acceptors (Lipinski definition) is 4. The lowest BCUT2D eigenvalue weighted by Gasteiger charge is -2.32. The van der Waals surface area contributed by atoms with Crippen molar-refractivity contribution in [1.29, 1.82) is 0 Å². The fourth-order valence-electron chi connectivity index (χ4n) is 5.80. The molecule has 0 spiro atoms. The molecule has 0 bridgehead atoms. The summed E-state index contributed by atoms with van der Waals surface area (Å²) in [7, 11) is 0. The Kier molecular flexibility index (Phi) is 7.87. The van der Waals surface area contributed by atoms with Gasteiger partial charge in [-0.2, -0.15) is 0 Å². The van der Waals surface area contributed by atoms with Crippen molar-refractivity contribution < 1.29 is 19.2 Å². The smallest absolute Gasteiger partial charge is 0.247 e. The molecule has 0 unspecified atom stereocenters. The van der Waals surface area contributed by atoms with Crippen molar-refractivity contribution in [3.8, 4) is 0 Å². The van der Waals surface area contributed by atoms with Gasteiger partial charge in [0.25, 0.3) is 0 Å². The summed E-state index contributed by atoms with van der Waals surface area (Å²) < 4.78 is 0. The highest BCUT2D eigenvalue weighted by atomic mass is 16.2. The van der Waals surface area contributed by atoms with E-state index in [2.05, 4.69) is 0 Å². The standard InChI is InChI=1S/C32H33N3O4/c1-23(36)33(30(37)20-19-24-11-4-2-5-12-24)22-31(38)35-27-18-10-15-26(27)32(39)34(21-25-13-6-3-7-14-25)28-16-8-9-17-29(28)35/h2-9,11-14,16-17,26-27H,10,15,18-22H2,1H3/t26-,27+/m0/s1. The van der Waals surface area contributed by atoms with E-state index < -0.39 is 5.91 Å². The molecular formula is C32H33N3O4. The number of imide groups is 1. The Balaban J connectivity index is 1.43. The van der Waals surface area contributed by atoms with E-state index >= 15 is 0 Å². The van der Waals surface area contributed by atoms with Gasteiger partial charge in [-0.05, 0) is 42.5 Å². The molecule has 200 valence electrons. The number of nitrogens with zero attached hydrogens (tertiary/aromatic N) is 3. The highest BCUT2D eigenvalue weighted by molar-refractivity contribution is 6.09. The molecule has 4 amide bonds. The monoisotopic (exact) mass is 523 g/mol. The number of anilines is 2. The molecule has 7 heteroatoms. The van der Waals surface area contributed by atoms with Crippen molar-refractivity contribution in [1.82, 2.24) is 4.90 Å². The number of para-hydroxylation sites is 2. The summed E-state index contributed by atoms with van der Waals surface area (Å²) in [6, 6.07) is 26.5. The van der Waals surface area contributed by atoms with E-state index in [1.165, 1.54) is 6.92 Å². The maximum atomic E-state index is 14.0. The molecule has 1 saturated carbocycles. The first-order chi connectivity index (χ1) is 18.9. The SMILES string of the molecule is CC(=O)N(CC(=O)N1c2ccccc2N(Cc2ccccc2)C(=O)[C@H]2CCC[C@H]21)C(=O)CCc1ccccc1. The Hall–Kier alpha value is -4.26. The highest BCUT2D eigenvalue weighted by Crippen LogP contribution is 2.43. The van der Waals surface area contributed by atoms with Crippen LogP contribution in [0.25, 0.3) is 0 Å². The average Bonchev–Trinajstić information content (AvgIpc) is 3.41. The number of amides is 4. The fraction of sp³-hybridized carbons (Fsp3) is 0.312. The van der Waals surface area contributed by atoms with Crippen molar-refractivity contribution in [3.05, 3.63) is 96.1 Å². The summed E-state index contributed by atoms with van der Waals surface area (Å²) in [5.74, 6) is -1.53. The van der Waals surface area contributed by atoms with Gasteiger partial charge in [0.1, 0.15) is 6.54 Å². The first-order valence-corrected chi connectivity index (χ1v) is 13.6. The maximum Gasteiger partial charge on any atom is 0.247 e. The average molecular weight is 524 g/mol. The third kappa shape index (κ3) is 5.62. The molecule has 3 aromatic carbocycles. The second-order valence-corrected chi connectivity index (χ2v) is 10.3. The molecule has 0 aromatic heterocycles. The zero-order valence-corrected chi connectivity index (χ0v) is 22.2. The predicted molar refractivity (Wildman–Crippen MR) is 150 cm³/mol. The van der Waals surface area contributed by atoms with Crippen LogP contribution in [0, 0.1) is 5.92 Å². The third-order valence-corrected chi connectivity index (χ3v) is 7.72. The molecule has 5 rings (SSSR count). The van der Waals surface area contributed by atoms with Gasteiger partial charge in [0.2, 0.25) is 23.6 Å². The van der Waals surface area contributed by atoms with Crippen LogP contribution in [0.5, 0.6) is 0 Å². The number of fused-ring (bicyclic) bond motifs is 2. The normalized spacial score (nSPS) is 18.2. The molecule has 1 fully saturated rings. The quantitative estimate of drug-likeness (QED) is 0.448. The number of benzene rings is 3. The lowest BCUT2D eigenvalue weighted by atomic mass is 10.0. The van der Waals surface area contributed by atoms with E-state index in [1.807, 2.05) is 84.9 Å². The van der Waals surface area contributed by atoms with Crippen LogP contribution in [0.1, 0.15) is 43.7 Å². The van der Waals surface area contributed by atoms with Crippen LogP contribution >= 0.6 is 0 Å². The number of rotatable bonds is 7. The van der Waals surface area contributed by atoms with Gasteiger partial charge in [-0.1, -0.05) is 79.2 Å². The number of aryl methyl sites for hydroxylation is 1. The molecule has 7 nitrogen and oxygen atoms in total. The van der Waals surface area contributed by atoms with E-state index in [1.54, 1.807) is 9.80 Å². The highest BCUT2D eigenvalue weighted by Gasteiger charge is 2.45. The zero-order valence-electron chi connectivity index (χ0n) is 22.2. The Bertz CT molecular complexity index is 1360. The number of carbonyl (C=O) groups is 4. The van der Waals surface area contributed by atoms with Gasteiger partial charge in [0.05, 0.1) is 23.8 Å². The summed E-state index contributed by atoms with van der Waals surface area (Å²) >= 11 is 0. The minimum atomic E-state index is -0.464. The summed E-state index contributed by atoms with van der Waals surface area (Å²) in [6.07, 6.45) is 2.83. The molecule has 39 heavy (non-hydrogen) atoms. The minimum Gasteiger partial charge on any atom is -0.306 e. The van der Waals surface area contributed by atoms with E-state index in [9.17, 15) is 19.2 Å². The Morgan fingerprint density at radius 2 is 1.44 bits per heavy atom. The van der Waals surface area contributed by atoms with Crippen LogP contribution in [-0.2, 0) is 32.1 Å². The van der Waals surface area contributed by atoms with Gasteiger partial charge >= 0.3 is 0 Å². The molecule has 0 saturated heterocycles. The van der Waals surface area contributed by atoms with E-state index in [0.717, 1.165) is 22.4 Å². The molecule has 0 N–H and O–H groups in total. The predicted octanol–water partition coefficient (Wildman–Crippen LogP) is 4.74. The second kappa shape index (κ2) is 11.6. The van der Waals surface area contributed by atoms with Crippen molar-refractivity contribution >= 4 is 35.0 Å². The van der Waals surface area contributed by atoms with Crippen LogP contribution in [0.4, 0.5) is 11.4 Å². The Morgan fingerprint density at radius 3 is 2.10 bits per heavy atom. The van der Waals surface area contributed by atoms with Gasteiger partial charge in [-0.3, -0.25) is 24.1 Å². The van der Waals surface area contributed by atoms with Gasteiger partial charge in [-0.15, -0.1) is 0 Å². The van der Waals surface area contributed by atoms with Crippen molar-refractivity contribution in [3.63, 3.8) is 0 Å². The maximum absolute atomic E-state index is 14.0. The van der Waals surface area contributed by atoms with Crippen molar-refractivity contribution in [2.24, 2.45) is 5.92 Å². The van der Waals surface area contributed by atoms with E-state index in [-0.39, 0.29) is 42.6 Å². The van der Waals surface area contributed by atoms with Gasteiger partial charge in [0.15, 0.2) is 0 Å². The fourth-order valence-corrected chi connectivity index (χ4v) is 5.80. The summed E-state index contributed by atoms with van der Waals surface area (Å²) in [4.78, 5) is 58.0. The van der Waals surface area contributed by atoms with Crippen LogP contribution < -0.4 is 9.80 Å². The third-order valence-electron chi connectivity index (χ3n) is 7.72.